The number of unbranched alkanes of at least 4 members (excludes halogenated alkanes) is 3. The molecular weight excluding hydrogens is 154 g/mol. The first-order chi connectivity index (χ1) is 5.77. The minimum atomic E-state index is -1.16. The first-order valence-electron chi connectivity index (χ1n) is 4.84. The molecule has 0 radical (unpaired) electrons. The van der Waals surface area contributed by atoms with Gasteiger partial charge in [0.2, 0.25) is 0 Å². The first kappa shape index (κ1) is 11.9. The van der Waals surface area contributed by atoms with E-state index in [-0.39, 0.29) is 0 Å². The van der Waals surface area contributed by atoms with Crippen LogP contribution in [-0.4, -0.2) is 29.6 Å². The highest BCUT2D eigenvalue weighted by Gasteiger charge is 1.95. The molecule has 0 rings (SSSR count). The summed E-state index contributed by atoms with van der Waals surface area (Å²) in [6.07, 6.45) is 4.28. The molecule has 0 amide bonds. The second kappa shape index (κ2) is 8.97. The Morgan fingerprint density at radius 1 is 1.08 bits per heavy atom. The number of nitrogens with one attached hydrogen (secondary N) is 1. The Labute approximate surface area is 74.8 Å². The molecule has 3 N–H and O–H groups in total. The van der Waals surface area contributed by atoms with E-state index in [2.05, 4.69) is 12.2 Å². The van der Waals surface area contributed by atoms with E-state index in [1.807, 2.05) is 0 Å². The molecule has 3 heteroatoms. The zero-order valence-corrected chi connectivity index (χ0v) is 7.92. The monoisotopic (exact) mass is 175 g/mol. The second-order valence-electron chi connectivity index (χ2n) is 3.08. The Morgan fingerprint density at radius 2 is 1.83 bits per heavy atom. The van der Waals surface area contributed by atoms with E-state index in [0.717, 1.165) is 6.54 Å². The fourth-order valence-electron chi connectivity index (χ4n) is 1.03. The SMILES string of the molecule is CCCCCCNCCC(O)O. The third-order valence-corrected chi connectivity index (χ3v) is 1.79. The lowest BCUT2D eigenvalue weighted by Crippen LogP contribution is -2.21. The van der Waals surface area contributed by atoms with Crippen molar-refractivity contribution in [3.63, 3.8) is 0 Å². The van der Waals surface area contributed by atoms with Gasteiger partial charge in [0, 0.05) is 6.42 Å². The molecule has 0 aliphatic rings. The van der Waals surface area contributed by atoms with Gasteiger partial charge in [-0.2, -0.15) is 0 Å². The topological polar surface area (TPSA) is 52.5 Å². The van der Waals surface area contributed by atoms with Crippen LogP contribution in [0.2, 0.25) is 0 Å². The summed E-state index contributed by atoms with van der Waals surface area (Å²) in [6, 6.07) is 0. The fraction of sp³-hybridized carbons (Fsp3) is 1.00. The lowest BCUT2D eigenvalue weighted by Gasteiger charge is -2.05. The molecule has 0 atom stereocenters. The molecule has 0 saturated heterocycles. The van der Waals surface area contributed by atoms with Crippen LogP contribution in [0.3, 0.4) is 0 Å². The Kier molecular flexibility index (Phi) is 8.88. The number of aliphatic hydroxyl groups excluding tert-OH is 1. The van der Waals surface area contributed by atoms with Gasteiger partial charge < -0.3 is 15.5 Å². The van der Waals surface area contributed by atoms with Gasteiger partial charge in [-0.15, -0.1) is 0 Å². The zero-order chi connectivity index (χ0) is 9.23. The summed E-state index contributed by atoms with van der Waals surface area (Å²) in [5, 5.41) is 20.2. The van der Waals surface area contributed by atoms with Gasteiger partial charge in [-0.25, -0.2) is 0 Å². The van der Waals surface area contributed by atoms with Crippen molar-refractivity contribution in [2.24, 2.45) is 0 Å². The molecule has 74 valence electrons. The lowest BCUT2D eigenvalue weighted by molar-refractivity contribution is -0.0443. The van der Waals surface area contributed by atoms with Gasteiger partial charge in [0.1, 0.15) is 0 Å². The van der Waals surface area contributed by atoms with Gasteiger partial charge in [0.05, 0.1) is 0 Å². The largest absolute Gasteiger partial charge is 0.368 e. The van der Waals surface area contributed by atoms with Crippen molar-refractivity contribution >= 4 is 0 Å². The summed E-state index contributed by atoms with van der Waals surface area (Å²) in [7, 11) is 0. The number of aliphatic hydroxyl groups is 2. The van der Waals surface area contributed by atoms with Crippen LogP contribution in [0.4, 0.5) is 0 Å². The van der Waals surface area contributed by atoms with E-state index in [9.17, 15) is 0 Å². The second-order valence-corrected chi connectivity index (χ2v) is 3.08. The maximum Gasteiger partial charge on any atom is 0.152 e. The van der Waals surface area contributed by atoms with Crippen molar-refractivity contribution in [3.05, 3.63) is 0 Å². The Balaban J connectivity index is 2.82. The molecule has 3 nitrogen and oxygen atoms in total. The van der Waals surface area contributed by atoms with Crippen molar-refractivity contribution in [2.45, 2.75) is 45.3 Å². The average Bonchev–Trinajstić information content (AvgIpc) is 2.02. The van der Waals surface area contributed by atoms with Crippen LogP contribution in [0.5, 0.6) is 0 Å². The summed E-state index contributed by atoms with van der Waals surface area (Å²) in [5.74, 6) is 0. The molecule has 0 bridgehead atoms. The minimum Gasteiger partial charge on any atom is -0.368 e. The van der Waals surface area contributed by atoms with Gasteiger partial charge in [0.15, 0.2) is 6.29 Å². The highest BCUT2D eigenvalue weighted by atomic mass is 16.5. The summed E-state index contributed by atoms with van der Waals surface area (Å²) < 4.78 is 0. The smallest absolute Gasteiger partial charge is 0.152 e. The van der Waals surface area contributed by atoms with Crippen LogP contribution in [0, 0.1) is 0 Å². The fourth-order valence-corrected chi connectivity index (χ4v) is 1.03. The van der Waals surface area contributed by atoms with Crippen molar-refractivity contribution < 1.29 is 10.2 Å². The van der Waals surface area contributed by atoms with Crippen LogP contribution in [0.1, 0.15) is 39.0 Å². The molecule has 0 unspecified atom stereocenters. The zero-order valence-electron chi connectivity index (χ0n) is 7.92. The third kappa shape index (κ3) is 9.88. The predicted molar refractivity (Wildman–Crippen MR) is 49.9 cm³/mol. The molecule has 0 aliphatic carbocycles. The summed E-state index contributed by atoms with van der Waals surface area (Å²) >= 11 is 0. The van der Waals surface area contributed by atoms with Crippen molar-refractivity contribution in [3.8, 4) is 0 Å². The van der Waals surface area contributed by atoms with Crippen LogP contribution in [0.25, 0.3) is 0 Å². The van der Waals surface area contributed by atoms with Gasteiger partial charge in [-0.3, -0.25) is 0 Å². The van der Waals surface area contributed by atoms with Crippen molar-refractivity contribution in [1.29, 1.82) is 0 Å². The van der Waals surface area contributed by atoms with Crippen molar-refractivity contribution in [1.82, 2.24) is 5.32 Å². The molecule has 0 fully saturated rings. The van der Waals surface area contributed by atoms with E-state index in [0.29, 0.717) is 13.0 Å². The molecule has 0 spiro atoms. The minimum absolute atomic E-state index is 0.424. The van der Waals surface area contributed by atoms with E-state index >= 15 is 0 Å². The quantitative estimate of drug-likeness (QED) is 0.379. The maximum atomic E-state index is 8.51. The molecular formula is C9H21NO2. The Bertz CT molecular complexity index is 86.6. The molecule has 12 heavy (non-hydrogen) atoms. The Hall–Kier alpha value is -0.120. The van der Waals surface area contributed by atoms with Crippen LogP contribution < -0.4 is 5.32 Å². The standard InChI is InChI=1S/C9H21NO2/c1-2-3-4-5-7-10-8-6-9(11)12/h9-12H,2-8H2,1H3. The van der Waals surface area contributed by atoms with Gasteiger partial charge in [-0.05, 0) is 19.5 Å². The first-order valence-corrected chi connectivity index (χ1v) is 4.84. The van der Waals surface area contributed by atoms with Crippen molar-refractivity contribution in [2.75, 3.05) is 13.1 Å². The molecule has 0 aliphatic heterocycles. The Morgan fingerprint density at radius 3 is 2.42 bits per heavy atom. The highest BCUT2D eigenvalue weighted by Crippen LogP contribution is 1.96. The average molecular weight is 175 g/mol. The number of hydrogen-bond acceptors (Lipinski definition) is 3. The molecule has 0 saturated carbocycles. The summed E-state index contributed by atoms with van der Waals surface area (Å²) in [5.41, 5.74) is 0. The molecule has 0 aromatic carbocycles. The van der Waals surface area contributed by atoms with Gasteiger partial charge in [0.25, 0.3) is 0 Å². The van der Waals surface area contributed by atoms with Crippen LogP contribution in [-0.2, 0) is 0 Å². The normalized spacial score (nSPS) is 11.0. The van der Waals surface area contributed by atoms with E-state index in [1.54, 1.807) is 0 Å². The lowest BCUT2D eigenvalue weighted by atomic mass is 10.2. The van der Waals surface area contributed by atoms with Gasteiger partial charge >= 0.3 is 0 Å². The van der Waals surface area contributed by atoms with Crippen LogP contribution in [0.15, 0.2) is 0 Å². The van der Waals surface area contributed by atoms with E-state index < -0.39 is 6.29 Å². The summed E-state index contributed by atoms with van der Waals surface area (Å²) in [4.78, 5) is 0. The highest BCUT2D eigenvalue weighted by molar-refractivity contribution is 4.49. The predicted octanol–water partition coefficient (Wildman–Crippen LogP) is 0.857. The number of rotatable bonds is 8. The maximum absolute atomic E-state index is 8.51. The van der Waals surface area contributed by atoms with Gasteiger partial charge in [-0.1, -0.05) is 26.2 Å². The van der Waals surface area contributed by atoms with E-state index in [4.69, 9.17) is 10.2 Å². The number of hydrogen-bond donors (Lipinski definition) is 3. The third-order valence-electron chi connectivity index (χ3n) is 1.79. The molecule has 0 aromatic rings. The van der Waals surface area contributed by atoms with E-state index in [1.165, 1.54) is 25.7 Å². The van der Waals surface area contributed by atoms with Crippen LogP contribution >= 0.6 is 0 Å². The molecule has 0 aromatic heterocycles. The summed E-state index contributed by atoms with van der Waals surface area (Å²) in [6.45, 7) is 3.88. The molecule has 0 heterocycles.